The predicted octanol–water partition coefficient (Wildman–Crippen LogP) is 4.38. The molecule has 0 aliphatic heterocycles. The number of halogens is 1. The summed E-state index contributed by atoms with van der Waals surface area (Å²) in [5.74, 6) is -0.298. The number of carbonyl (C=O) groups excluding carboxylic acids is 2. The molecule has 0 spiro atoms. The summed E-state index contributed by atoms with van der Waals surface area (Å²) in [4.78, 5) is 25.1. The first-order valence-electron chi connectivity index (χ1n) is 9.79. The van der Waals surface area contributed by atoms with Crippen molar-refractivity contribution >= 4 is 23.2 Å². The van der Waals surface area contributed by atoms with Crippen molar-refractivity contribution in [1.82, 2.24) is 5.32 Å². The van der Waals surface area contributed by atoms with E-state index in [4.69, 9.17) is 4.74 Å². The highest BCUT2D eigenvalue weighted by Gasteiger charge is 2.14. The van der Waals surface area contributed by atoms with Crippen LogP contribution in [0.1, 0.15) is 28.9 Å². The van der Waals surface area contributed by atoms with E-state index in [2.05, 4.69) is 16.0 Å². The first-order chi connectivity index (χ1) is 15.0. The molecule has 160 valence electrons. The van der Waals surface area contributed by atoms with Crippen molar-refractivity contribution in [3.63, 3.8) is 0 Å². The normalized spacial score (nSPS) is 11.5. The average Bonchev–Trinajstić information content (AvgIpc) is 2.78. The summed E-state index contributed by atoms with van der Waals surface area (Å²) in [6.45, 7) is 1.85. The van der Waals surface area contributed by atoms with Crippen LogP contribution < -0.4 is 20.7 Å². The van der Waals surface area contributed by atoms with Crippen molar-refractivity contribution in [2.75, 3.05) is 24.3 Å². The lowest BCUT2D eigenvalue weighted by Gasteiger charge is -2.15. The molecular weight excluding hydrogens is 397 g/mol. The van der Waals surface area contributed by atoms with Crippen LogP contribution >= 0.6 is 0 Å². The lowest BCUT2D eigenvalue weighted by atomic mass is 10.1. The molecule has 0 radical (unpaired) electrons. The van der Waals surface area contributed by atoms with Crippen molar-refractivity contribution in [2.45, 2.75) is 13.0 Å². The van der Waals surface area contributed by atoms with Crippen LogP contribution in [-0.2, 0) is 4.79 Å². The lowest BCUT2D eigenvalue weighted by Crippen LogP contribution is -2.30. The van der Waals surface area contributed by atoms with Crippen LogP contribution in [0.3, 0.4) is 0 Å². The third kappa shape index (κ3) is 6.13. The minimum atomic E-state index is -0.345. The van der Waals surface area contributed by atoms with Crippen LogP contribution in [0.4, 0.5) is 15.8 Å². The summed E-state index contributed by atoms with van der Waals surface area (Å²) < 4.78 is 18.5. The van der Waals surface area contributed by atoms with Crippen LogP contribution in [0.2, 0.25) is 0 Å². The number of carbonyl (C=O) groups is 2. The molecule has 3 N–H and O–H groups in total. The fourth-order valence-corrected chi connectivity index (χ4v) is 3.00. The van der Waals surface area contributed by atoms with Gasteiger partial charge in [-0.3, -0.25) is 9.59 Å². The van der Waals surface area contributed by atoms with Crippen LogP contribution in [-0.4, -0.2) is 25.5 Å². The summed E-state index contributed by atoms with van der Waals surface area (Å²) >= 11 is 0. The van der Waals surface area contributed by atoms with Gasteiger partial charge in [0.25, 0.3) is 5.91 Å². The Bertz CT molecular complexity index is 1050. The van der Waals surface area contributed by atoms with Gasteiger partial charge in [0.05, 0.1) is 24.9 Å². The van der Waals surface area contributed by atoms with E-state index in [1.165, 1.54) is 12.1 Å². The third-order valence-electron chi connectivity index (χ3n) is 4.71. The molecular formula is C24H24FN3O3. The number of amides is 2. The number of hydrogen-bond donors (Lipinski definition) is 3. The highest BCUT2D eigenvalue weighted by atomic mass is 19.1. The molecule has 31 heavy (non-hydrogen) atoms. The van der Waals surface area contributed by atoms with Gasteiger partial charge < -0.3 is 20.7 Å². The minimum Gasteiger partial charge on any atom is -0.497 e. The summed E-state index contributed by atoms with van der Waals surface area (Å²) in [5.41, 5.74) is 2.09. The van der Waals surface area contributed by atoms with Gasteiger partial charge in [-0.25, -0.2) is 4.39 Å². The number of anilines is 2. The third-order valence-corrected chi connectivity index (χ3v) is 4.71. The van der Waals surface area contributed by atoms with E-state index in [1.807, 2.05) is 6.92 Å². The van der Waals surface area contributed by atoms with Crippen molar-refractivity contribution < 1.29 is 18.7 Å². The number of rotatable bonds is 8. The monoisotopic (exact) mass is 421 g/mol. The second-order valence-electron chi connectivity index (χ2n) is 6.93. The van der Waals surface area contributed by atoms with Gasteiger partial charge in [-0.15, -0.1) is 0 Å². The second kappa shape index (κ2) is 10.4. The van der Waals surface area contributed by atoms with Crippen molar-refractivity contribution in [3.8, 4) is 5.75 Å². The number of methoxy groups -OCH3 is 1. The fourth-order valence-electron chi connectivity index (χ4n) is 3.00. The first kappa shape index (κ1) is 22.0. The number of nitrogens with one attached hydrogen (secondary N) is 3. The molecule has 2 amide bonds. The molecule has 0 aliphatic rings. The number of benzene rings is 3. The van der Waals surface area contributed by atoms with Crippen LogP contribution in [0.25, 0.3) is 0 Å². The molecule has 0 bridgehead atoms. The van der Waals surface area contributed by atoms with Crippen LogP contribution in [0.15, 0.2) is 72.8 Å². The molecule has 1 atom stereocenters. The first-order valence-corrected chi connectivity index (χ1v) is 9.79. The molecule has 0 heterocycles. The number of para-hydroxylation sites is 1. The smallest absolute Gasteiger partial charge is 0.257 e. The molecule has 1 unspecified atom stereocenters. The maximum atomic E-state index is 13.4. The topological polar surface area (TPSA) is 79.5 Å². The van der Waals surface area contributed by atoms with E-state index >= 15 is 0 Å². The van der Waals surface area contributed by atoms with Crippen molar-refractivity contribution in [1.29, 1.82) is 0 Å². The van der Waals surface area contributed by atoms with Gasteiger partial charge in [-0.1, -0.05) is 24.3 Å². The molecule has 0 saturated carbocycles. The van der Waals surface area contributed by atoms with Gasteiger partial charge in [0.15, 0.2) is 0 Å². The zero-order chi connectivity index (χ0) is 22.2. The maximum Gasteiger partial charge on any atom is 0.257 e. The van der Waals surface area contributed by atoms with Gasteiger partial charge in [-0.05, 0) is 61.0 Å². The Morgan fingerprint density at radius 3 is 2.42 bits per heavy atom. The molecule has 6 nitrogen and oxygen atoms in total. The molecule has 0 fully saturated rings. The highest BCUT2D eigenvalue weighted by Crippen LogP contribution is 2.20. The zero-order valence-electron chi connectivity index (χ0n) is 17.3. The minimum absolute atomic E-state index is 0.00606. The summed E-state index contributed by atoms with van der Waals surface area (Å²) in [7, 11) is 1.57. The summed E-state index contributed by atoms with van der Waals surface area (Å²) in [5, 5.41) is 8.61. The number of hydrogen-bond acceptors (Lipinski definition) is 4. The molecule has 3 aromatic rings. The van der Waals surface area contributed by atoms with Crippen molar-refractivity contribution in [3.05, 3.63) is 89.7 Å². The van der Waals surface area contributed by atoms with E-state index in [0.29, 0.717) is 22.7 Å². The van der Waals surface area contributed by atoms with E-state index in [1.54, 1.807) is 67.8 Å². The molecule has 0 aliphatic carbocycles. The Labute approximate surface area is 180 Å². The quantitative estimate of drug-likeness (QED) is 0.504. The van der Waals surface area contributed by atoms with Gasteiger partial charge in [0, 0.05) is 11.7 Å². The summed E-state index contributed by atoms with van der Waals surface area (Å²) in [6.07, 6.45) is 0. The van der Waals surface area contributed by atoms with Gasteiger partial charge in [0.1, 0.15) is 11.6 Å². The van der Waals surface area contributed by atoms with E-state index < -0.39 is 0 Å². The lowest BCUT2D eigenvalue weighted by molar-refractivity contribution is -0.115. The summed E-state index contributed by atoms with van der Waals surface area (Å²) in [6, 6.07) is 19.7. The second-order valence-corrected chi connectivity index (χ2v) is 6.93. The average molecular weight is 421 g/mol. The Hall–Kier alpha value is -3.71. The predicted molar refractivity (Wildman–Crippen MR) is 119 cm³/mol. The van der Waals surface area contributed by atoms with Crippen molar-refractivity contribution in [2.24, 2.45) is 0 Å². The largest absolute Gasteiger partial charge is 0.497 e. The SMILES string of the molecule is COc1ccc(NC(=O)c2ccccc2NC(=O)CNC(C)c2cccc(F)c2)cc1. The Morgan fingerprint density at radius 2 is 1.71 bits per heavy atom. The van der Waals surface area contributed by atoms with Crippen LogP contribution in [0.5, 0.6) is 5.75 Å². The fraction of sp³-hybridized carbons (Fsp3) is 0.167. The Balaban J connectivity index is 1.61. The Morgan fingerprint density at radius 1 is 0.968 bits per heavy atom. The molecule has 3 rings (SSSR count). The van der Waals surface area contributed by atoms with Gasteiger partial charge >= 0.3 is 0 Å². The highest BCUT2D eigenvalue weighted by molar-refractivity contribution is 6.10. The van der Waals surface area contributed by atoms with E-state index in [0.717, 1.165) is 5.56 Å². The maximum absolute atomic E-state index is 13.4. The van der Waals surface area contributed by atoms with E-state index in [9.17, 15) is 14.0 Å². The standard InChI is InChI=1S/C24H24FN3O3/c1-16(17-6-5-7-18(25)14-17)26-15-23(29)28-22-9-4-3-8-21(22)24(30)27-19-10-12-20(31-2)13-11-19/h3-14,16,26H,15H2,1-2H3,(H,27,30)(H,28,29). The van der Waals surface area contributed by atoms with Gasteiger partial charge in [0.2, 0.25) is 5.91 Å². The Kier molecular flexibility index (Phi) is 7.35. The molecule has 3 aromatic carbocycles. The molecule has 0 saturated heterocycles. The number of ether oxygens (including phenoxy) is 1. The van der Waals surface area contributed by atoms with E-state index in [-0.39, 0.29) is 30.2 Å². The van der Waals surface area contributed by atoms with Crippen LogP contribution in [0, 0.1) is 5.82 Å². The molecule has 0 aromatic heterocycles. The molecule has 7 heteroatoms. The zero-order valence-corrected chi connectivity index (χ0v) is 17.3. The van der Waals surface area contributed by atoms with Gasteiger partial charge in [-0.2, -0.15) is 0 Å².